The molecule has 1 fully saturated rings. The molecule has 0 radical (unpaired) electrons. The summed E-state index contributed by atoms with van der Waals surface area (Å²) in [5.41, 5.74) is 5.75. The van der Waals surface area contributed by atoms with Crippen molar-refractivity contribution in [2.75, 3.05) is 13.2 Å². The van der Waals surface area contributed by atoms with E-state index in [0.717, 1.165) is 6.42 Å². The minimum absolute atomic E-state index is 0.0318. The molecule has 98 valence electrons. The smallest absolute Gasteiger partial charge is 0.254 e. The zero-order valence-corrected chi connectivity index (χ0v) is 9.80. The first-order valence-electron chi connectivity index (χ1n) is 5.76. The summed E-state index contributed by atoms with van der Waals surface area (Å²) in [6.07, 6.45) is 2.43. The van der Waals surface area contributed by atoms with Crippen molar-refractivity contribution < 1.29 is 18.8 Å². The van der Waals surface area contributed by atoms with Crippen molar-refractivity contribution in [1.82, 2.24) is 10.5 Å². The van der Waals surface area contributed by atoms with Crippen LogP contribution in [0.3, 0.4) is 0 Å². The van der Waals surface area contributed by atoms with Crippen LogP contribution in [0, 0.1) is 5.92 Å². The molecule has 2 heterocycles. The Kier molecular flexibility index (Phi) is 3.93. The summed E-state index contributed by atoms with van der Waals surface area (Å²) in [7, 11) is 0. The second-order valence-corrected chi connectivity index (χ2v) is 4.21. The highest BCUT2D eigenvalue weighted by Crippen LogP contribution is 2.15. The van der Waals surface area contributed by atoms with Crippen molar-refractivity contribution >= 4 is 11.7 Å². The first-order chi connectivity index (χ1) is 8.66. The fraction of sp³-hybridized carbons (Fsp3) is 0.545. The zero-order valence-electron chi connectivity index (χ0n) is 9.80. The number of aromatic nitrogens is 1. The van der Waals surface area contributed by atoms with Crippen LogP contribution < -0.4 is 15.8 Å². The van der Waals surface area contributed by atoms with E-state index >= 15 is 0 Å². The molecule has 0 saturated carbocycles. The minimum Gasteiger partial charge on any atom is -0.467 e. The molecular weight excluding hydrogens is 238 g/mol. The lowest BCUT2D eigenvalue weighted by molar-refractivity contribution is -0.124. The molecule has 2 rings (SSSR count). The maximum atomic E-state index is 11.7. The largest absolute Gasteiger partial charge is 0.467 e. The molecule has 0 unspecified atom stereocenters. The van der Waals surface area contributed by atoms with Crippen molar-refractivity contribution in [2.24, 2.45) is 11.7 Å². The number of nitrogens with two attached hydrogens (primary N) is 1. The van der Waals surface area contributed by atoms with Crippen LogP contribution in [0.25, 0.3) is 0 Å². The van der Waals surface area contributed by atoms with E-state index in [0.29, 0.717) is 13.0 Å². The standard InChI is InChI=1S/C11H15N3O4/c12-8(5-7-1-3-13-11(7)16)9(15)6-17-10-2-4-18-14-10/h2,4,7-8H,1,3,5-6,12H2,(H,13,16)/t7-,8-/m0/s1. The quantitative estimate of drug-likeness (QED) is 0.706. The molecule has 1 aromatic rings. The highest BCUT2D eigenvalue weighted by molar-refractivity contribution is 5.87. The summed E-state index contributed by atoms with van der Waals surface area (Å²) in [6.45, 7) is 0.488. The van der Waals surface area contributed by atoms with Gasteiger partial charge < -0.3 is 20.3 Å². The van der Waals surface area contributed by atoms with Crippen molar-refractivity contribution in [3.05, 3.63) is 12.3 Å². The SMILES string of the molecule is N[C@@H](C[C@@H]1CCNC1=O)C(=O)COc1ccon1. The van der Waals surface area contributed by atoms with Crippen LogP contribution in [0.1, 0.15) is 12.8 Å². The van der Waals surface area contributed by atoms with Crippen LogP contribution in [-0.4, -0.2) is 36.0 Å². The third kappa shape index (κ3) is 3.07. The molecule has 3 N–H and O–H groups in total. The number of hydrogen-bond acceptors (Lipinski definition) is 6. The number of ether oxygens (including phenoxy) is 1. The predicted octanol–water partition coefficient (Wildman–Crippen LogP) is -0.524. The Morgan fingerprint density at radius 2 is 2.56 bits per heavy atom. The number of nitrogens with zero attached hydrogens (tertiary/aromatic N) is 1. The number of rotatable bonds is 6. The monoisotopic (exact) mass is 253 g/mol. The molecule has 7 nitrogen and oxygen atoms in total. The van der Waals surface area contributed by atoms with Gasteiger partial charge in [0.2, 0.25) is 5.91 Å². The van der Waals surface area contributed by atoms with Gasteiger partial charge in [-0.25, -0.2) is 0 Å². The number of carbonyl (C=O) groups is 2. The molecule has 0 aliphatic carbocycles. The van der Waals surface area contributed by atoms with E-state index in [1.165, 1.54) is 12.3 Å². The van der Waals surface area contributed by atoms with E-state index in [1.807, 2.05) is 0 Å². The third-order valence-corrected chi connectivity index (χ3v) is 2.89. The van der Waals surface area contributed by atoms with Gasteiger partial charge in [-0.1, -0.05) is 0 Å². The number of hydrogen-bond donors (Lipinski definition) is 2. The van der Waals surface area contributed by atoms with E-state index in [9.17, 15) is 9.59 Å². The van der Waals surface area contributed by atoms with Gasteiger partial charge in [-0.2, -0.15) is 0 Å². The second kappa shape index (κ2) is 5.63. The molecule has 18 heavy (non-hydrogen) atoms. The predicted molar refractivity (Wildman–Crippen MR) is 60.7 cm³/mol. The molecule has 0 bridgehead atoms. The average molecular weight is 253 g/mol. The molecule has 2 atom stereocenters. The highest BCUT2D eigenvalue weighted by atomic mass is 16.5. The van der Waals surface area contributed by atoms with Gasteiger partial charge in [-0.15, -0.1) is 0 Å². The summed E-state index contributed by atoms with van der Waals surface area (Å²) < 4.78 is 9.64. The van der Waals surface area contributed by atoms with Crippen LogP contribution in [0.4, 0.5) is 0 Å². The molecule has 0 aromatic carbocycles. The van der Waals surface area contributed by atoms with Crippen molar-refractivity contribution in [3.8, 4) is 5.88 Å². The van der Waals surface area contributed by atoms with Crippen molar-refractivity contribution in [1.29, 1.82) is 0 Å². The summed E-state index contributed by atoms with van der Waals surface area (Å²) in [5, 5.41) is 6.22. The topological polar surface area (TPSA) is 107 Å². The van der Waals surface area contributed by atoms with E-state index < -0.39 is 6.04 Å². The fourth-order valence-electron chi connectivity index (χ4n) is 1.84. The van der Waals surface area contributed by atoms with Crippen LogP contribution in [0.2, 0.25) is 0 Å². The van der Waals surface area contributed by atoms with E-state index in [1.54, 1.807) is 0 Å². The number of ketones is 1. The molecule has 1 aliphatic heterocycles. The van der Waals surface area contributed by atoms with Crippen LogP contribution in [-0.2, 0) is 9.59 Å². The van der Waals surface area contributed by atoms with Crippen LogP contribution >= 0.6 is 0 Å². The van der Waals surface area contributed by atoms with Crippen molar-refractivity contribution in [3.63, 3.8) is 0 Å². The van der Waals surface area contributed by atoms with Gasteiger partial charge in [-0.05, 0) is 18.0 Å². The van der Waals surface area contributed by atoms with Gasteiger partial charge in [0.1, 0.15) is 12.9 Å². The van der Waals surface area contributed by atoms with Gasteiger partial charge in [0, 0.05) is 18.5 Å². The van der Waals surface area contributed by atoms with E-state index in [-0.39, 0.29) is 30.1 Å². The van der Waals surface area contributed by atoms with Gasteiger partial charge >= 0.3 is 0 Å². The zero-order chi connectivity index (χ0) is 13.0. The lowest BCUT2D eigenvalue weighted by Crippen LogP contribution is -2.37. The van der Waals surface area contributed by atoms with Gasteiger partial charge in [0.15, 0.2) is 5.78 Å². The first kappa shape index (κ1) is 12.6. The minimum atomic E-state index is -0.689. The fourth-order valence-corrected chi connectivity index (χ4v) is 1.84. The molecule has 1 aromatic heterocycles. The number of nitrogens with one attached hydrogen (secondary N) is 1. The lowest BCUT2D eigenvalue weighted by Gasteiger charge is -2.13. The molecule has 1 aliphatic rings. The third-order valence-electron chi connectivity index (χ3n) is 2.89. The molecule has 1 amide bonds. The Hall–Kier alpha value is -1.89. The second-order valence-electron chi connectivity index (χ2n) is 4.21. The first-order valence-corrected chi connectivity index (χ1v) is 5.76. The summed E-state index contributed by atoms with van der Waals surface area (Å²) in [4.78, 5) is 23.0. The Morgan fingerprint density at radius 1 is 1.72 bits per heavy atom. The summed E-state index contributed by atoms with van der Waals surface area (Å²) in [6, 6.07) is 0.814. The molecule has 1 saturated heterocycles. The Bertz CT molecular complexity index is 418. The number of carbonyl (C=O) groups excluding carboxylic acids is 2. The van der Waals surface area contributed by atoms with Crippen LogP contribution in [0.15, 0.2) is 16.9 Å². The normalized spacial score (nSPS) is 20.5. The Labute approximate surface area is 104 Å². The summed E-state index contributed by atoms with van der Waals surface area (Å²) >= 11 is 0. The van der Waals surface area contributed by atoms with E-state index in [2.05, 4.69) is 15.0 Å². The number of amides is 1. The molecule has 7 heteroatoms. The number of Topliss-reactive ketones (excluding diaryl/α,β-unsaturated/α-hetero) is 1. The van der Waals surface area contributed by atoms with Gasteiger partial charge in [0.05, 0.1) is 6.04 Å². The van der Waals surface area contributed by atoms with Gasteiger partial charge in [0.25, 0.3) is 5.88 Å². The average Bonchev–Trinajstić information content (AvgIpc) is 2.99. The summed E-state index contributed by atoms with van der Waals surface area (Å²) in [5.74, 6) is -0.210. The molecule has 0 spiro atoms. The Balaban J connectivity index is 1.76. The van der Waals surface area contributed by atoms with Crippen molar-refractivity contribution in [2.45, 2.75) is 18.9 Å². The highest BCUT2D eigenvalue weighted by Gasteiger charge is 2.28. The maximum Gasteiger partial charge on any atom is 0.254 e. The Morgan fingerprint density at radius 3 is 3.17 bits per heavy atom. The lowest BCUT2D eigenvalue weighted by atomic mass is 9.97. The van der Waals surface area contributed by atoms with E-state index in [4.69, 9.17) is 10.5 Å². The van der Waals surface area contributed by atoms with Crippen LogP contribution in [0.5, 0.6) is 5.88 Å². The molecular formula is C11H15N3O4. The maximum absolute atomic E-state index is 11.7. The van der Waals surface area contributed by atoms with Gasteiger partial charge in [-0.3, -0.25) is 9.59 Å².